The number of nitrogens with zero attached hydrogens (tertiary/aromatic N) is 3. The second-order valence-corrected chi connectivity index (χ2v) is 8.28. The van der Waals surface area contributed by atoms with Crippen LogP contribution in [0.15, 0.2) is 71.2 Å². The standard InChI is InChI=1S/C23H18BrClN4O/c1-14-4-3-5-16(12-14)22-27-21(28-29(22)19-10-7-17(24)8-11-19)23(30)26-20-13-18(25)9-6-15(20)2/h3-13H,1-2H3,(H,26,30). The molecule has 3 aromatic carbocycles. The van der Waals surface area contributed by atoms with Crippen molar-refractivity contribution in [2.45, 2.75) is 13.8 Å². The molecular weight excluding hydrogens is 464 g/mol. The summed E-state index contributed by atoms with van der Waals surface area (Å²) < 4.78 is 2.64. The molecule has 1 heterocycles. The first-order chi connectivity index (χ1) is 14.4. The van der Waals surface area contributed by atoms with Crippen LogP contribution in [0, 0.1) is 13.8 Å². The summed E-state index contributed by atoms with van der Waals surface area (Å²) in [6.45, 7) is 3.91. The first kappa shape index (κ1) is 20.3. The second kappa shape index (κ2) is 8.42. The molecule has 4 rings (SSSR count). The van der Waals surface area contributed by atoms with Crippen molar-refractivity contribution in [2.75, 3.05) is 5.32 Å². The van der Waals surface area contributed by atoms with Gasteiger partial charge in [-0.3, -0.25) is 4.79 Å². The largest absolute Gasteiger partial charge is 0.319 e. The average Bonchev–Trinajstić information content (AvgIpc) is 3.17. The van der Waals surface area contributed by atoms with Gasteiger partial charge >= 0.3 is 0 Å². The third kappa shape index (κ3) is 4.30. The summed E-state index contributed by atoms with van der Waals surface area (Å²) in [6, 6.07) is 21.0. The Kier molecular flexibility index (Phi) is 5.70. The molecule has 1 N–H and O–H groups in total. The minimum Gasteiger partial charge on any atom is -0.319 e. The first-order valence-corrected chi connectivity index (χ1v) is 10.5. The summed E-state index contributed by atoms with van der Waals surface area (Å²) in [5.74, 6) is 0.271. The van der Waals surface area contributed by atoms with Crippen LogP contribution in [0.2, 0.25) is 5.02 Å². The SMILES string of the molecule is Cc1cccc(-c2nc(C(=O)Nc3cc(Cl)ccc3C)nn2-c2ccc(Br)cc2)c1. The van der Waals surface area contributed by atoms with Crippen molar-refractivity contribution in [1.82, 2.24) is 14.8 Å². The van der Waals surface area contributed by atoms with E-state index in [9.17, 15) is 4.79 Å². The van der Waals surface area contributed by atoms with Crippen LogP contribution in [0.5, 0.6) is 0 Å². The smallest absolute Gasteiger partial charge is 0.295 e. The Labute approximate surface area is 187 Å². The summed E-state index contributed by atoms with van der Waals surface area (Å²) in [5, 5.41) is 7.92. The summed E-state index contributed by atoms with van der Waals surface area (Å²) >= 11 is 9.52. The minimum atomic E-state index is -0.398. The fourth-order valence-electron chi connectivity index (χ4n) is 3.05. The van der Waals surface area contributed by atoms with E-state index in [1.807, 2.05) is 68.4 Å². The lowest BCUT2D eigenvalue weighted by atomic mass is 10.1. The number of amides is 1. The molecule has 30 heavy (non-hydrogen) atoms. The van der Waals surface area contributed by atoms with E-state index in [0.29, 0.717) is 16.5 Å². The van der Waals surface area contributed by atoms with Crippen LogP contribution in [0.25, 0.3) is 17.1 Å². The zero-order chi connectivity index (χ0) is 21.3. The second-order valence-electron chi connectivity index (χ2n) is 6.93. The third-order valence-corrected chi connectivity index (χ3v) is 5.37. The number of benzene rings is 3. The summed E-state index contributed by atoms with van der Waals surface area (Å²) in [6.07, 6.45) is 0. The van der Waals surface area contributed by atoms with Crippen molar-refractivity contribution in [3.05, 3.63) is 93.2 Å². The minimum absolute atomic E-state index is 0.0776. The number of hydrogen-bond acceptors (Lipinski definition) is 3. The van der Waals surface area contributed by atoms with Crippen LogP contribution >= 0.6 is 27.5 Å². The molecule has 0 aliphatic rings. The molecule has 1 amide bonds. The van der Waals surface area contributed by atoms with Gasteiger partial charge in [0.25, 0.3) is 5.91 Å². The molecule has 1 aromatic heterocycles. The number of hydrogen-bond donors (Lipinski definition) is 1. The van der Waals surface area contributed by atoms with Crippen LogP contribution in [0.3, 0.4) is 0 Å². The molecule has 5 nitrogen and oxygen atoms in total. The maximum Gasteiger partial charge on any atom is 0.295 e. The quantitative estimate of drug-likeness (QED) is 0.376. The van der Waals surface area contributed by atoms with Gasteiger partial charge in [-0.2, -0.15) is 0 Å². The number of aryl methyl sites for hydroxylation is 2. The molecule has 0 aliphatic carbocycles. The van der Waals surface area contributed by atoms with Gasteiger partial charge in [-0.25, -0.2) is 9.67 Å². The fraction of sp³-hybridized carbons (Fsp3) is 0.0870. The van der Waals surface area contributed by atoms with Gasteiger partial charge in [0, 0.05) is 20.7 Å². The number of anilines is 1. The number of halogens is 2. The molecule has 0 fully saturated rings. The average molecular weight is 482 g/mol. The zero-order valence-electron chi connectivity index (χ0n) is 16.4. The highest BCUT2D eigenvalue weighted by Gasteiger charge is 2.19. The van der Waals surface area contributed by atoms with Crippen molar-refractivity contribution in [2.24, 2.45) is 0 Å². The number of rotatable bonds is 4. The van der Waals surface area contributed by atoms with E-state index in [1.165, 1.54) is 0 Å². The van der Waals surface area contributed by atoms with Crippen LogP contribution < -0.4 is 5.32 Å². The van der Waals surface area contributed by atoms with Crippen molar-refractivity contribution < 1.29 is 4.79 Å². The van der Waals surface area contributed by atoms with Crippen molar-refractivity contribution >= 4 is 39.1 Å². The molecule has 0 saturated heterocycles. The summed E-state index contributed by atoms with van der Waals surface area (Å²) in [4.78, 5) is 17.5. The van der Waals surface area contributed by atoms with Crippen molar-refractivity contribution in [1.29, 1.82) is 0 Å². The van der Waals surface area contributed by atoms with Gasteiger partial charge < -0.3 is 5.32 Å². The lowest BCUT2D eigenvalue weighted by Gasteiger charge is -2.07. The van der Waals surface area contributed by atoms with Gasteiger partial charge in [-0.05, 0) is 61.9 Å². The summed E-state index contributed by atoms with van der Waals surface area (Å²) in [7, 11) is 0. The van der Waals surface area contributed by atoms with Gasteiger partial charge in [0.1, 0.15) is 0 Å². The third-order valence-electron chi connectivity index (χ3n) is 4.61. The van der Waals surface area contributed by atoms with E-state index >= 15 is 0 Å². The van der Waals surface area contributed by atoms with E-state index in [4.69, 9.17) is 11.6 Å². The first-order valence-electron chi connectivity index (χ1n) is 9.28. The molecule has 0 unspecified atom stereocenters. The van der Waals surface area contributed by atoms with E-state index in [-0.39, 0.29) is 5.82 Å². The van der Waals surface area contributed by atoms with Crippen LogP contribution in [0.4, 0.5) is 5.69 Å². The summed E-state index contributed by atoms with van der Waals surface area (Å²) in [5.41, 5.74) is 4.31. The lowest BCUT2D eigenvalue weighted by Crippen LogP contribution is -2.15. The fourth-order valence-corrected chi connectivity index (χ4v) is 3.49. The number of carbonyl (C=O) groups is 1. The van der Waals surface area contributed by atoms with Gasteiger partial charge in [-0.1, -0.05) is 57.4 Å². The lowest BCUT2D eigenvalue weighted by molar-refractivity contribution is 0.101. The van der Waals surface area contributed by atoms with Crippen LogP contribution in [-0.4, -0.2) is 20.7 Å². The predicted octanol–water partition coefficient (Wildman–Crippen LogP) is 6.22. The topological polar surface area (TPSA) is 59.8 Å². The van der Waals surface area contributed by atoms with Gasteiger partial charge in [0.2, 0.25) is 5.82 Å². The molecule has 0 bridgehead atoms. The molecular formula is C23H18BrClN4O. The van der Waals surface area contributed by atoms with Crippen LogP contribution in [0.1, 0.15) is 21.7 Å². The highest BCUT2D eigenvalue weighted by Crippen LogP contribution is 2.25. The maximum atomic E-state index is 12.9. The van der Waals surface area contributed by atoms with E-state index in [0.717, 1.165) is 26.9 Å². The predicted molar refractivity (Wildman–Crippen MR) is 123 cm³/mol. The van der Waals surface area contributed by atoms with Crippen molar-refractivity contribution in [3.63, 3.8) is 0 Å². The monoisotopic (exact) mass is 480 g/mol. The van der Waals surface area contributed by atoms with Gasteiger partial charge in [0.15, 0.2) is 5.82 Å². The molecule has 4 aromatic rings. The Morgan fingerprint density at radius 3 is 2.53 bits per heavy atom. The number of nitrogens with one attached hydrogen (secondary N) is 1. The Hall–Kier alpha value is -2.96. The van der Waals surface area contributed by atoms with Gasteiger partial charge in [0.05, 0.1) is 5.69 Å². The zero-order valence-corrected chi connectivity index (χ0v) is 18.7. The Morgan fingerprint density at radius 2 is 1.80 bits per heavy atom. The molecule has 0 saturated carbocycles. The maximum absolute atomic E-state index is 12.9. The van der Waals surface area contributed by atoms with E-state index < -0.39 is 5.91 Å². The van der Waals surface area contributed by atoms with Gasteiger partial charge in [-0.15, -0.1) is 5.10 Å². The van der Waals surface area contributed by atoms with E-state index in [1.54, 1.807) is 16.8 Å². The highest BCUT2D eigenvalue weighted by atomic mass is 79.9. The molecule has 7 heteroatoms. The van der Waals surface area contributed by atoms with Crippen molar-refractivity contribution in [3.8, 4) is 17.1 Å². The molecule has 150 valence electrons. The molecule has 0 spiro atoms. The molecule has 0 aliphatic heterocycles. The Morgan fingerprint density at radius 1 is 1.03 bits per heavy atom. The molecule has 0 radical (unpaired) electrons. The van der Waals surface area contributed by atoms with E-state index in [2.05, 4.69) is 31.3 Å². The Bertz CT molecular complexity index is 1230. The Balaban J connectivity index is 1.77. The number of carbonyl (C=O) groups excluding carboxylic acids is 1. The highest BCUT2D eigenvalue weighted by molar-refractivity contribution is 9.10. The number of aromatic nitrogens is 3. The normalized spacial score (nSPS) is 10.8. The van der Waals surface area contributed by atoms with Crippen LogP contribution in [-0.2, 0) is 0 Å². The molecule has 0 atom stereocenters.